The fraction of sp³-hybridized carbons (Fsp3) is 0.160. The van der Waals surface area contributed by atoms with Gasteiger partial charge in [0.1, 0.15) is 35.3 Å². The van der Waals surface area contributed by atoms with E-state index in [0.29, 0.717) is 40.8 Å². The van der Waals surface area contributed by atoms with Crippen LogP contribution in [0, 0.1) is 11.2 Å². The van der Waals surface area contributed by atoms with E-state index in [-0.39, 0.29) is 47.1 Å². The predicted molar refractivity (Wildman–Crippen MR) is 132 cm³/mol. The Morgan fingerprint density at radius 1 is 1.14 bits per heavy atom. The van der Waals surface area contributed by atoms with Crippen molar-refractivity contribution in [1.29, 1.82) is 5.41 Å². The third-order valence-electron chi connectivity index (χ3n) is 5.15. The number of likely N-dealkylation sites (N-methyl/N-ethyl adjacent to an activating group) is 1. The number of hydrogen-bond donors (Lipinski definition) is 7. The quantitative estimate of drug-likeness (QED) is 0.121. The number of aromatic hydroxyl groups is 2. The minimum absolute atomic E-state index is 0.0606. The standard InChI is InChI=1S/C22H17FN4O3.C3H9NO/c23-13-2-4-19(29)14(10-13)15-7-11(5-6-28)8-16(20(15)30)22-26-17-3-1-12(21(24)25)9-18(17)27-22;1-4-2-3-5/h1-4,6-10,29-30H,5H2,(H3,24,25)(H,26,27);4-5H,2-3H2,1H3. The van der Waals surface area contributed by atoms with Gasteiger partial charge in [-0.3, -0.25) is 5.41 Å². The van der Waals surface area contributed by atoms with Crippen molar-refractivity contribution in [2.45, 2.75) is 6.42 Å². The van der Waals surface area contributed by atoms with Gasteiger partial charge in [-0.25, -0.2) is 9.37 Å². The van der Waals surface area contributed by atoms with Crippen molar-refractivity contribution >= 4 is 23.2 Å². The number of carbonyl (C=O) groups is 1. The minimum atomic E-state index is -0.579. The van der Waals surface area contributed by atoms with E-state index in [2.05, 4.69) is 15.3 Å². The van der Waals surface area contributed by atoms with Gasteiger partial charge in [-0.1, -0.05) is 0 Å². The Kier molecular flexibility index (Phi) is 8.13. The molecule has 0 radical (unpaired) electrons. The van der Waals surface area contributed by atoms with Crippen molar-refractivity contribution in [2.24, 2.45) is 5.73 Å². The molecule has 8 N–H and O–H groups in total. The molecule has 0 amide bonds. The van der Waals surface area contributed by atoms with E-state index in [4.69, 9.17) is 16.2 Å². The van der Waals surface area contributed by atoms with E-state index < -0.39 is 5.82 Å². The van der Waals surface area contributed by atoms with Crippen LogP contribution in [0.2, 0.25) is 0 Å². The maximum Gasteiger partial charge on any atom is 0.142 e. The summed E-state index contributed by atoms with van der Waals surface area (Å²) < 4.78 is 13.8. The highest BCUT2D eigenvalue weighted by molar-refractivity contribution is 5.98. The van der Waals surface area contributed by atoms with Crippen molar-refractivity contribution in [1.82, 2.24) is 15.3 Å². The number of benzene rings is 3. The molecule has 1 heterocycles. The molecule has 4 aromatic rings. The van der Waals surface area contributed by atoms with Crippen molar-refractivity contribution in [3.05, 3.63) is 65.5 Å². The number of nitrogens with one attached hydrogen (secondary N) is 3. The molecule has 9 nitrogen and oxygen atoms in total. The van der Waals surface area contributed by atoms with Gasteiger partial charge in [0.25, 0.3) is 0 Å². The summed E-state index contributed by atoms with van der Waals surface area (Å²) >= 11 is 0. The minimum Gasteiger partial charge on any atom is -0.507 e. The lowest BCUT2D eigenvalue weighted by molar-refractivity contribution is -0.107. The molecule has 35 heavy (non-hydrogen) atoms. The van der Waals surface area contributed by atoms with Crippen LogP contribution in [0.3, 0.4) is 0 Å². The molecule has 0 bridgehead atoms. The first kappa shape index (κ1) is 25.3. The Morgan fingerprint density at radius 3 is 2.51 bits per heavy atom. The lowest BCUT2D eigenvalue weighted by atomic mass is 9.96. The number of fused-ring (bicyclic) bond motifs is 1. The molecule has 0 fully saturated rings. The third kappa shape index (κ3) is 5.81. The van der Waals surface area contributed by atoms with Crippen molar-refractivity contribution < 1.29 is 24.5 Å². The fourth-order valence-corrected chi connectivity index (χ4v) is 3.43. The van der Waals surface area contributed by atoms with Crippen LogP contribution >= 0.6 is 0 Å². The maximum atomic E-state index is 13.8. The molecule has 0 spiro atoms. The molecule has 1 aromatic heterocycles. The van der Waals surface area contributed by atoms with Gasteiger partial charge < -0.3 is 36.1 Å². The third-order valence-corrected chi connectivity index (χ3v) is 5.15. The molecule has 3 aromatic carbocycles. The molecular formula is C25H26FN5O4. The molecule has 0 atom stereocenters. The zero-order valence-corrected chi connectivity index (χ0v) is 19.0. The van der Waals surface area contributed by atoms with Gasteiger partial charge in [0.15, 0.2) is 0 Å². The number of aldehydes is 1. The number of amidine groups is 1. The van der Waals surface area contributed by atoms with Crippen LogP contribution in [-0.4, -0.2) is 57.6 Å². The monoisotopic (exact) mass is 479 g/mol. The number of nitrogens with zero attached hydrogens (tertiary/aromatic N) is 1. The Labute approximate surface area is 200 Å². The van der Waals surface area contributed by atoms with Crippen LogP contribution in [0.4, 0.5) is 4.39 Å². The van der Waals surface area contributed by atoms with Gasteiger partial charge in [-0.2, -0.15) is 0 Å². The molecule has 10 heteroatoms. The lowest BCUT2D eigenvalue weighted by Crippen LogP contribution is -2.10. The zero-order chi connectivity index (χ0) is 25.5. The maximum absolute atomic E-state index is 13.8. The highest BCUT2D eigenvalue weighted by Gasteiger charge is 2.19. The van der Waals surface area contributed by atoms with Gasteiger partial charge in [0, 0.05) is 29.7 Å². The summed E-state index contributed by atoms with van der Waals surface area (Å²) in [4.78, 5) is 18.6. The first-order valence-corrected chi connectivity index (χ1v) is 10.7. The summed E-state index contributed by atoms with van der Waals surface area (Å²) in [5, 5.41) is 39.5. The van der Waals surface area contributed by atoms with Crippen molar-refractivity contribution in [3.8, 4) is 34.0 Å². The topological polar surface area (TPSA) is 168 Å². The van der Waals surface area contributed by atoms with Crippen LogP contribution in [0.15, 0.2) is 48.5 Å². The number of aromatic amines is 1. The predicted octanol–water partition coefficient (Wildman–Crippen LogP) is 2.67. The summed E-state index contributed by atoms with van der Waals surface area (Å²) in [5.74, 6) is -0.793. The van der Waals surface area contributed by atoms with E-state index >= 15 is 0 Å². The van der Waals surface area contributed by atoms with E-state index in [1.54, 1.807) is 31.3 Å². The number of aliphatic hydroxyl groups excluding tert-OH is 1. The van der Waals surface area contributed by atoms with E-state index in [9.17, 15) is 19.4 Å². The number of nitrogen functional groups attached to an aromatic ring is 1. The van der Waals surface area contributed by atoms with Gasteiger partial charge >= 0.3 is 0 Å². The zero-order valence-electron chi connectivity index (χ0n) is 19.0. The van der Waals surface area contributed by atoms with Crippen LogP contribution in [0.1, 0.15) is 11.1 Å². The highest BCUT2D eigenvalue weighted by Crippen LogP contribution is 2.42. The van der Waals surface area contributed by atoms with Crippen molar-refractivity contribution in [3.63, 3.8) is 0 Å². The number of nitrogens with two attached hydrogens (primary N) is 1. The number of carbonyl (C=O) groups excluding carboxylic acids is 1. The second kappa shape index (κ2) is 11.2. The average Bonchev–Trinajstić information content (AvgIpc) is 3.26. The normalized spacial score (nSPS) is 10.6. The second-order valence-corrected chi connectivity index (χ2v) is 7.63. The number of imidazole rings is 1. The Morgan fingerprint density at radius 2 is 1.89 bits per heavy atom. The van der Waals surface area contributed by atoms with Crippen LogP contribution < -0.4 is 11.1 Å². The van der Waals surface area contributed by atoms with Crippen molar-refractivity contribution in [2.75, 3.05) is 20.2 Å². The molecule has 0 saturated carbocycles. The van der Waals surface area contributed by atoms with Crippen LogP contribution in [0.25, 0.3) is 33.5 Å². The van der Waals surface area contributed by atoms with Gasteiger partial charge in [-0.15, -0.1) is 0 Å². The Hall–Kier alpha value is -4.28. The van der Waals surface area contributed by atoms with E-state index in [1.165, 1.54) is 12.1 Å². The summed E-state index contributed by atoms with van der Waals surface area (Å²) in [5.41, 5.74) is 8.35. The van der Waals surface area contributed by atoms with Gasteiger partial charge in [0.05, 0.1) is 23.2 Å². The smallest absolute Gasteiger partial charge is 0.142 e. The second-order valence-electron chi connectivity index (χ2n) is 7.63. The summed E-state index contributed by atoms with van der Waals surface area (Å²) in [6.45, 7) is 0.927. The number of phenolic OH excluding ortho intramolecular Hbond substituents is 2. The molecule has 0 saturated heterocycles. The molecule has 0 aliphatic rings. The average molecular weight is 480 g/mol. The first-order chi connectivity index (χ1) is 16.8. The number of aliphatic hydroxyl groups is 1. The number of hydrogen-bond acceptors (Lipinski definition) is 7. The molecular weight excluding hydrogens is 453 g/mol. The number of halogens is 1. The van der Waals surface area contributed by atoms with Gasteiger partial charge in [0.2, 0.25) is 0 Å². The molecule has 182 valence electrons. The molecule has 4 rings (SSSR count). The number of aromatic nitrogens is 2. The number of rotatable bonds is 7. The van der Waals surface area contributed by atoms with Crippen LogP contribution in [-0.2, 0) is 11.2 Å². The van der Waals surface area contributed by atoms with E-state index in [0.717, 1.165) is 12.1 Å². The molecule has 0 aliphatic carbocycles. The highest BCUT2D eigenvalue weighted by atomic mass is 19.1. The Balaban J connectivity index is 0.000000623. The SMILES string of the molecule is CNCCO.N=C(N)c1ccc2nc(-c3cc(CC=O)cc(-c4cc(F)ccc4O)c3O)[nH]c2c1. The number of H-pyrrole nitrogens is 1. The van der Waals surface area contributed by atoms with Crippen LogP contribution in [0.5, 0.6) is 11.5 Å². The lowest BCUT2D eigenvalue weighted by Gasteiger charge is -2.13. The van der Waals surface area contributed by atoms with Gasteiger partial charge in [-0.05, 0) is 61.1 Å². The van der Waals surface area contributed by atoms with E-state index in [1.807, 2.05) is 0 Å². The molecule has 0 unspecified atom stereocenters. The fourth-order valence-electron chi connectivity index (χ4n) is 3.43. The largest absolute Gasteiger partial charge is 0.507 e. The summed E-state index contributed by atoms with van der Waals surface area (Å²) in [6, 6.07) is 11.6. The molecule has 0 aliphatic heterocycles. The summed E-state index contributed by atoms with van der Waals surface area (Å²) in [6.07, 6.45) is 0.772. The first-order valence-electron chi connectivity index (χ1n) is 10.7. The number of phenols is 2. The summed E-state index contributed by atoms with van der Waals surface area (Å²) in [7, 11) is 1.80. The Bertz CT molecular complexity index is 1370.